The number of pyridine rings is 1. The number of hydrazine groups is 1. The molecule has 1 unspecified atom stereocenters. The first-order valence-corrected chi connectivity index (χ1v) is 6.76. The molecule has 1 atom stereocenters. The lowest BCUT2D eigenvalue weighted by molar-refractivity contribution is 0.598. The molecule has 1 aromatic heterocycles. The van der Waals surface area contributed by atoms with E-state index in [-0.39, 0.29) is 11.9 Å². The first-order valence-electron chi connectivity index (χ1n) is 6.76. The van der Waals surface area contributed by atoms with E-state index < -0.39 is 0 Å². The Kier molecular flexibility index (Phi) is 3.64. The third kappa shape index (κ3) is 2.63. The van der Waals surface area contributed by atoms with Gasteiger partial charge in [0.2, 0.25) is 0 Å². The Morgan fingerprint density at radius 2 is 1.90 bits per heavy atom. The third-order valence-corrected chi connectivity index (χ3v) is 3.64. The normalized spacial score (nSPS) is 12.5. The van der Waals surface area contributed by atoms with E-state index in [4.69, 9.17) is 5.84 Å². The Bertz CT molecular complexity index is 786. The maximum Gasteiger partial charge on any atom is 0.126 e. The molecule has 4 heteroatoms. The molecule has 0 saturated carbocycles. The second-order valence-electron chi connectivity index (χ2n) is 5.07. The van der Waals surface area contributed by atoms with Crippen molar-refractivity contribution in [2.75, 3.05) is 0 Å². The van der Waals surface area contributed by atoms with Gasteiger partial charge in [-0.2, -0.15) is 0 Å². The summed E-state index contributed by atoms with van der Waals surface area (Å²) in [5.41, 5.74) is 5.96. The Morgan fingerprint density at radius 3 is 2.67 bits per heavy atom. The average molecular weight is 281 g/mol. The number of fused-ring (bicyclic) bond motifs is 1. The summed E-state index contributed by atoms with van der Waals surface area (Å²) < 4.78 is 13.8. The predicted octanol–water partition coefficient (Wildman–Crippen LogP) is 3.24. The van der Waals surface area contributed by atoms with Crippen LogP contribution in [0.2, 0.25) is 0 Å². The number of aryl methyl sites for hydroxylation is 1. The zero-order valence-electron chi connectivity index (χ0n) is 11.7. The highest BCUT2D eigenvalue weighted by Crippen LogP contribution is 2.25. The summed E-state index contributed by atoms with van der Waals surface area (Å²) in [6, 6.07) is 14.7. The lowest BCUT2D eigenvalue weighted by Gasteiger charge is -2.17. The van der Waals surface area contributed by atoms with Crippen LogP contribution in [0.1, 0.15) is 22.7 Å². The second kappa shape index (κ2) is 5.60. The van der Waals surface area contributed by atoms with Crippen molar-refractivity contribution in [1.29, 1.82) is 0 Å². The number of nitrogens with zero attached hydrogens (tertiary/aromatic N) is 1. The number of para-hydroxylation sites is 1. The van der Waals surface area contributed by atoms with Gasteiger partial charge >= 0.3 is 0 Å². The molecular formula is C17H16FN3. The van der Waals surface area contributed by atoms with Crippen LogP contribution in [0.5, 0.6) is 0 Å². The molecule has 0 fully saturated rings. The van der Waals surface area contributed by atoms with Crippen LogP contribution < -0.4 is 11.3 Å². The number of nitrogens with two attached hydrogens (primary N) is 1. The minimum absolute atomic E-state index is 0.235. The molecule has 0 amide bonds. The summed E-state index contributed by atoms with van der Waals surface area (Å²) in [6.45, 7) is 1.74. The molecule has 0 saturated heterocycles. The number of benzene rings is 2. The summed E-state index contributed by atoms with van der Waals surface area (Å²) in [7, 11) is 0. The van der Waals surface area contributed by atoms with Gasteiger partial charge in [-0.3, -0.25) is 10.8 Å². The maximum atomic E-state index is 13.8. The van der Waals surface area contributed by atoms with Crippen LogP contribution in [-0.4, -0.2) is 4.98 Å². The van der Waals surface area contributed by atoms with Crippen LogP contribution in [-0.2, 0) is 0 Å². The molecule has 21 heavy (non-hydrogen) atoms. The van der Waals surface area contributed by atoms with Gasteiger partial charge in [0.15, 0.2) is 0 Å². The van der Waals surface area contributed by atoms with Gasteiger partial charge in [-0.1, -0.05) is 30.3 Å². The highest BCUT2D eigenvalue weighted by atomic mass is 19.1. The van der Waals surface area contributed by atoms with Crippen LogP contribution in [0.15, 0.2) is 54.7 Å². The quantitative estimate of drug-likeness (QED) is 0.572. The number of halogens is 1. The van der Waals surface area contributed by atoms with Gasteiger partial charge in [0.25, 0.3) is 0 Å². The molecule has 3 rings (SSSR count). The molecule has 0 bridgehead atoms. The standard InChI is InChI=1S/C17H16FN3/c1-11-6-7-13(9-15(11)18)17(21-19)14-8-12-4-2-3-5-16(12)20-10-14/h2-10,17,21H,19H2,1H3. The fourth-order valence-electron chi connectivity index (χ4n) is 2.42. The topological polar surface area (TPSA) is 50.9 Å². The van der Waals surface area contributed by atoms with E-state index in [9.17, 15) is 4.39 Å². The van der Waals surface area contributed by atoms with Crippen molar-refractivity contribution in [3.05, 3.63) is 77.2 Å². The Labute approximate surface area is 122 Å². The molecule has 2 aromatic carbocycles. The minimum Gasteiger partial charge on any atom is -0.271 e. The Balaban J connectivity index is 2.06. The summed E-state index contributed by atoms with van der Waals surface area (Å²) in [5.74, 6) is 5.43. The van der Waals surface area contributed by atoms with Gasteiger partial charge in [0.05, 0.1) is 11.6 Å². The number of nitrogens with one attached hydrogen (secondary N) is 1. The fourth-order valence-corrected chi connectivity index (χ4v) is 2.42. The largest absolute Gasteiger partial charge is 0.271 e. The van der Waals surface area contributed by atoms with Gasteiger partial charge in [-0.05, 0) is 41.8 Å². The molecule has 3 aromatic rings. The van der Waals surface area contributed by atoms with Crippen molar-refractivity contribution in [1.82, 2.24) is 10.4 Å². The minimum atomic E-state index is -0.294. The molecule has 0 spiro atoms. The maximum absolute atomic E-state index is 13.8. The fraction of sp³-hybridized carbons (Fsp3) is 0.118. The monoisotopic (exact) mass is 281 g/mol. The van der Waals surface area contributed by atoms with E-state index >= 15 is 0 Å². The van der Waals surface area contributed by atoms with E-state index in [1.807, 2.05) is 36.4 Å². The van der Waals surface area contributed by atoms with Gasteiger partial charge < -0.3 is 0 Å². The molecule has 3 nitrogen and oxygen atoms in total. The average Bonchev–Trinajstić information content (AvgIpc) is 2.51. The van der Waals surface area contributed by atoms with Crippen LogP contribution in [0.3, 0.4) is 0 Å². The molecule has 0 aliphatic carbocycles. The van der Waals surface area contributed by atoms with Gasteiger partial charge in [0.1, 0.15) is 5.82 Å². The van der Waals surface area contributed by atoms with Gasteiger partial charge in [0, 0.05) is 11.6 Å². The van der Waals surface area contributed by atoms with Gasteiger partial charge in [-0.25, -0.2) is 9.82 Å². The van der Waals surface area contributed by atoms with Crippen molar-refractivity contribution in [2.24, 2.45) is 5.84 Å². The molecule has 106 valence electrons. The van der Waals surface area contributed by atoms with Crippen LogP contribution in [0, 0.1) is 12.7 Å². The van der Waals surface area contributed by atoms with E-state index in [1.54, 1.807) is 19.2 Å². The molecule has 0 aliphatic rings. The van der Waals surface area contributed by atoms with Crippen molar-refractivity contribution < 1.29 is 4.39 Å². The first-order chi connectivity index (χ1) is 10.2. The first kappa shape index (κ1) is 13.7. The molecule has 3 N–H and O–H groups in total. The van der Waals surface area contributed by atoms with Crippen molar-refractivity contribution in [3.8, 4) is 0 Å². The number of rotatable bonds is 3. The lowest BCUT2D eigenvalue weighted by atomic mass is 9.98. The van der Waals surface area contributed by atoms with E-state index in [0.29, 0.717) is 5.56 Å². The van der Waals surface area contributed by atoms with Crippen LogP contribution >= 0.6 is 0 Å². The SMILES string of the molecule is Cc1ccc(C(NN)c2cnc3ccccc3c2)cc1F. The van der Waals surface area contributed by atoms with E-state index in [2.05, 4.69) is 10.4 Å². The molecule has 0 radical (unpaired) electrons. The highest BCUT2D eigenvalue weighted by Gasteiger charge is 2.14. The molecule has 1 heterocycles. The lowest BCUT2D eigenvalue weighted by Crippen LogP contribution is -2.29. The van der Waals surface area contributed by atoms with Crippen LogP contribution in [0.25, 0.3) is 10.9 Å². The molecular weight excluding hydrogens is 265 g/mol. The van der Waals surface area contributed by atoms with E-state index in [0.717, 1.165) is 22.0 Å². The Morgan fingerprint density at radius 1 is 1.10 bits per heavy atom. The summed E-state index contributed by atoms with van der Waals surface area (Å²) in [5, 5.41) is 1.03. The van der Waals surface area contributed by atoms with Crippen molar-refractivity contribution in [2.45, 2.75) is 13.0 Å². The highest BCUT2D eigenvalue weighted by molar-refractivity contribution is 5.78. The zero-order valence-corrected chi connectivity index (χ0v) is 11.7. The van der Waals surface area contributed by atoms with Crippen molar-refractivity contribution in [3.63, 3.8) is 0 Å². The summed E-state index contributed by atoms with van der Waals surface area (Å²) in [6.07, 6.45) is 1.77. The van der Waals surface area contributed by atoms with Crippen molar-refractivity contribution >= 4 is 10.9 Å². The third-order valence-electron chi connectivity index (χ3n) is 3.64. The predicted molar refractivity (Wildman–Crippen MR) is 82.0 cm³/mol. The Hall–Kier alpha value is -2.30. The number of aromatic nitrogens is 1. The van der Waals surface area contributed by atoms with Gasteiger partial charge in [-0.15, -0.1) is 0 Å². The van der Waals surface area contributed by atoms with Crippen LogP contribution in [0.4, 0.5) is 4.39 Å². The summed E-state index contributed by atoms with van der Waals surface area (Å²) in [4.78, 5) is 4.43. The number of hydrogen-bond donors (Lipinski definition) is 2. The summed E-state index contributed by atoms with van der Waals surface area (Å²) >= 11 is 0. The second-order valence-corrected chi connectivity index (χ2v) is 5.07. The number of hydrogen-bond acceptors (Lipinski definition) is 3. The van der Waals surface area contributed by atoms with E-state index in [1.165, 1.54) is 6.07 Å². The smallest absolute Gasteiger partial charge is 0.126 e. The molecule has 0 aliphatic heterocycles. The zero-order chi connectivity index (χ0) is 14.8.